The van der Waals surface area contributed by atoms with Gasteiger partial charge >= 0.3 is 0 Å². The molecular formula is C15H25IN6. The Labute approximate surface area is 149 Å². The fourth-order valence-corrected chi connectivity index (χ4v) is 2.39. The number of aliphatic imine (C=N–C) groups is 1. The van der Waals surface area contributed by atoms with Gasteiger partial charge in [0.25, 0.3) is 0 Å². The van der Waals surface area contributed by atoms with Gasteiger partial charge in [-0.1, -0.05) is 12.2 Å². The average Bonchev–Trinajstić information content (AvgIpc) is 2.52. The average molecular weight is 416 g/mol. The zero-order chi connectivity index (χ0) is 15.1. The summed E-state index contributed by atoms with van der Waals surface area (Å²) in [5.41, 5.74) is 6.85. The van der Waals surface area contributed by atoms with Crippen LogP contribution in [0.5, 0.6) is 0 Å². The Balaban J connectivity index is 0.00000242. The van der Waals surface area contributed by atoms with Crippen molar-refractivity contribution in [1.82, 2.24) is 15.3 Å². The lowest BCUT2D eigenvalue weighted by Gasteiger charge is -2.32. The highest BCUT2D eigenvalue weighted by molar-refractivity contribution is 14.0. The summed E-state index contributed by atoms with van der Waals surface area (Å²) in [6.45, 7) is 9.12. The first kappa shape index (κ1) is 18.7. The van der Waals surface area contributed by atoms with E-state index in [0.717, 1.165) is 37.6 Å². The minimum atomic E-state index is 0. The molecule has 0 aliphatic carbocycles. The Hall–Kier alpha value is -1.38. The minimum Gasteiger partial charge on any atom is -0.370 e. The zero-order valence-electron chi connectivity index (χ0n) is 13.0. The molecule has 1 aromatic heterocycles. The SMILES string of the molecule is C=C(C)CN=C(N)NCC1CCCN(c2ncccn2)C1.I. The van der Waals surface area contributed by atoms with Crippen LogP contribution in [-0.2, 0) is 0 Å². The second-order valence-corrected chi connectivity index (χ2v) is 5.54. The van der Waals surface area contributed by atoms with Gasteiger partial charge in [0, 0.05) is 32.0 Å². The van der Waals surface area contributed by atoms with E-state index in [9.17, 15) is 0 Å². The van der Waals surface area contributed by atoms with Crippen LogP contribution in [0.3, 0.4) is 0 Å². The maximum atomic E-state index is 5.84. The number of hydrogen-bond donors (Lipinski definition) is 2. The van der Waals surface area contributed by atoms with Crippen molar-refractivity contribution < 1.29 is 0 Å². The van der Waals surface area contributed by atoms with Crippen molar-refractivity contribution in [1.29, 1.82) is 0 Å². The van der Waals surface area contributed by atoms with Crippen LogP contribution >= 0.6 is 24.0 Å². The van der Waals surface area contributed by atoms with Crippen molar-refractivity contribution in [3.05, 3.63) is 30.6 Å². The number of aromatic nitrogens is 2. The van der Waals surface area contributed by atoms with Gasteiger partial charge in [0.2, 0.25) is 5.95 Å². The van der Waals surface area contributed by atoms with Crippen LogP contribution in [0.25, 0.3) is 0 Å². The Bertz CT molecular complexity index is 490. The zero-order valence-corrected chi connectivity index (χ0v) is 15.4. The lowest BCUT2D eigenvalue weighted by molar-refractivity contribution is 0.407. The highest BCUT2D eigenvalue weighted by Crippen LogP contribution is 2.19. The molecule has 1 atom stereocenters. The molecule has 2 rings (SSSR count). The third-order valence-electron chi connectivity index (χ3n) is 3.45. The summed E-state index contributed by atoms with van der Waals surface area (Å²) in [4.78, 5) is 15.1. The third kappa shape index (κ3) is 6.17. The van der Waals surface area contributed by atoms with Crippen molar-refractivity contribution >= 4 is 35.9 Å². The van der Waals surface area contributed by atoms with Gasteiger partial charge in [0.1, 0.15) is 0 Å². The van der Waals surface area contributed by atoms with E-state index in [4.69, 9.17) is 5.73 Å². The van der Waals surface area contributed by atoms with Gasteiger partial charge in [-0.3, -0.25) is 0 Å². The van der Waals surface area contributed by atoms with E-state index in [0.29, 0.717) is 18.4 Å². The summed E-state index contributed by atoms with van der Waals surface area (Å²) in [5.74, 6) is 1.83. The van der Waals surface area contributed by atoms with Crippen molar-refractivity contribution in [2.24, 2.45) is 16.6 Å². The van der Waals surface area contributed by atoms with Gasteiger partial charge < -0.3 is 16.0 Å². The van der Waals surface area contributed by atoms with Gasteiger partial charge in [0.05, 0.1) is 6.54 Å². The Morgan fingerprint density at radius 1 is 1.50 bits per heavy atom. The van der Waals surface area contributed by atoms with Gasteiger partial charge in [-0.05, 0) is 31.7 Å². The standard InChI is InChI=1S/C15H24N6.HI/c1-12(2)9-19-14(16)20-10-13-5-3-8-21(11-13)15-17-6-4-7-18-15;/h4,6-7,13H,1,3,5,8-11H2,2H3,(H3,16,19,20);1H. The summed E-state index contributed by atoms with van der Waals surface area (Å²) in [7, 11) is 0. The number of nitrogens with zero attached hydrogens (tertiary/aromatic N) is 4. The van der Waals surface area contributed by atoms with Crippen LogP contribution < -0.4 is 16.0 Å². The van der Waals surface area contributed by atoms with E-state index in [1.807, 2.05) is 13.0 Å². The molecule has 122 valence electrons. The highest BCUT2D eigenvalue weighted by atomic mass is 127. The topological polar surface area (TPSA) is 79.4 Å². The summed E-state index contributed by atoms with van der Waals surface area (Å²) in [5, 5.41) is 3.20. The maximum Gasteiger partial charge on any atom is 0.225 e. The lowest BCUT2D eigenvalue weighted by Crippen LogP contribution is -2.43. The van der Waals surface area contributed by atoms with Crippen LogP contribution in [0.2, 0.25) is 0 Å². The van der Waals surface area contributed by atoms with Crippen molar-refractivity contribution in [3.8, 4) is 0 Å². The number of guanidine groups is 1. The first-order chi connectivity index (χ1) is 10.1. The summed E-state index contributed by atoms with van der Waals surface area (Å²) in [6, 6.07) is 1.84. The molecule has 1 aliphatic heterocycles. The van der Waals surface area contributed by atoms with Crippen molar-refractivity contribution in [2.45, 2.75) is 19.8 Å². The molecule has 3 N–H and O–H groups in total. The maximum absolute atomic E-state index is 5.84. The molecule has 6 nitrogen and oxygen atoms in total. The molecule has 0 radical (unpaired) electrons. The van der Waals surface area contributed by atoms with E-state index in [1.165, 1.54) is 6.42 Å². The van der Waals surface area contributed by atoms with Gasteiger partial charge in [-0.2, -0.15) is 0 Å². The number of hydrogen-bond acceptors (Lipinski definition) is 4. The summed E-state index contributed by atoms with van der Waals surface area (Å²) < 4.78 is 0. The number of nitrogens with one attached hydrogen (secondary N) is 1. The molecule has 1 unspecified atom stereocenters. The molecule has 2 heterocycles. The van der Waals surface area contributed by atoms with Crippen molar-refractivity contribution in [2.75, 3.05) is 31.1 Å². The monoisotopic (exact) mass is 416 g/mol. The van der Waals surface area contributed by atoms with Gasteiger partial charge in [-0.25, -0.2) is 15.0 Å². The van der Waals surface area contributed by atoms with E-state index in [-0.39, 0.29) is 24.0 Å². The molecule has 0 bridgehead atoms. The van der Waals surface area contributed by atoms with Gasteiger partial charge in [0.15, 0.2) is 5.96 Å². The van der Waals surface area contributed by atoms with Crippen LogP contribution in [0, 0.1) is 5.92 Å². The Kier molecular flexibility index (Phi) is 8.15. The second-order valence-electron chi connectivity index (χ2n) is 5.54. The predicted molar refractivity (Wildman–Crippen MR) is 102 cm³/mol. The Morgan fingerprint density at radius 2 is 2.23 bits per heavy atom. The quantitative estimate of drug-likeness (QED) is 0.331. The number of anilines is 1. The Morgan fingerprint density at radius 3 is 2.91 bits per heavy atom. The number of piperidine rings is 1. The summed E-state index contributed by atoms with van der Waals surface area (Å²) >= 11 is 0. The molecule has 1 fully saturated rings. The van der Waals surface area contributed by atoms with Crippen molar-refractivity contribution in [3.63, 3.8) is 0 Å². The third-order valence-corrected chi connectivity index (χ3v) is 3.45. The van der Waals surface area contributed by atoms with E-state index in [2.05, 4.69) is 31.8 Å². The van der Waals surface area contributed by atoms with Crippen LogP contribution in [0.15, 0.2) is 35.6 Å². The fraction of sp³-hybridized carbons (Fsp3) is 0.533. The van der Waals surface area contributed by atoms with Crippen LogP contribution in [-0.4, -0.2) is 42.1 Å². The molecule has 1 aromatic rings. The number of halogens is 1. The number of rotatable bonds is 5. The molecule has 0 aromatic carbocycles. The predicted octanol–water partition coefficient (Wildman–Crippen LogP) is 1.79. The first-order valence-corrected chi connectivity index (χ1v) is 7.35. The van der Waals surface area contributed by atoms with Gasteiger partial charge in [-0.15, -0.1) is 24.0 Å². The molecule has 0 amide bonds. The molecule has 0 spiro atoms. The molecule has 1 aliphatic rings. The normalized spacial score (nSPS) is 18.5. The molecule has 22 heavy (non-hydrogen) atoms. The molecule has 1 saturated heterocycles. The van der Waals surface area contributed by atoms with E-state index < -0.39 is 0 Å². The highest BCUT2D eigenvalue weighted by Gasteiger charge is 2.21. The lowest BCUT2D eigenvalue weighted by atomic mass is 9.98. The first-order valence-electron chi connectivity index (χ1n) is 7.35. The summed E-state index contributed by atoms with van der Waals surface area (Å²) in [6.07, 6.45) is 5.90. The van der Waals surface area contributed by atoms with Crippen LogP contribution in [0.4, 0.5) is 5.95 Å². The fourth-order valence-electron chi connectivity index (χ4n) is 2.39. The minimum absolute atomic E-state index is 0. The molecule has 7 heteroatoms. The smallest absolute Gasteiger partial charge is 0.225 e. The van der Waals surface area contributed by atoms with Crippen LogP contribution in [0.1, 0.15) is 19.8 Å². The van der Waals surface area contributed by atoms with E-state index in [1.54, 1.807) is 12.4 Å². The second kappa shape index (κ2) is 9.60. The molecular weight excluding hydrogens is 391 g/mol. The molecule has 0 saturated carbocycles. The van der Waals surface area contributed by atoms with E-state index >= 15 is 0 Å². The largest absolute Gasteiger partial charge is 0.370 e. The number of nitrogens with two attached hydrogens (primary N) is 1.